The summed E-state index contributed by atoms with van der Waals surface area (Å²) in [5.74, 6) is 0.847. The van der Waals surface area contributed by atoms with E-state index in [0.717, 1.165) is 44.1 Å². The number of benzene rings is 1. The van der Waals surface area contributed by atoms with Crippen molar-refractivity contribution >= 4 is 41.5 Å². The number of nitrogens with one attached hydrogen (secondary N) is 2. The molecule has 0 bridgehead atoms. The maximum Gasteiger partial charge on any atom is 0.191 e. The molecular weight excluding hydrogens is 485 g/mol. The minimum Gasteiger partial charge on any atom is -0.357 e. The molecule has 1 atom stereocenters. The first-order valence-electron chi connectivity index (χ1n) is 9.45. The number of halogens is 2. The lowest BCUT2D eigenvalue weighted by molar-refractivity contribution is 0.255. The summed E-state index contributed by atoms with van der Waals surface area (Å²) < 4.78 is 0. The number of guanidine groups is 1. The average molecular weight is 516 g/mol. The maximum atomic E-state index is 5.82. The molecule has 0 amide bonds. The molecule has 2 aromatic rings. The summed E-state index contributed by atoms with van der Waals surface area (Å²) in [6.07, 6.45) is 2.69. The van der Waals surface area contributed by atoms with Crippen LogP contribution in [0, 0.1) is 0 Å². The number of nitrogens with zero attached hydrogens (tertiary/aromatic N) is 3. The van der Waals surface area contributed by atoms with Crippen molar-refractivity contribution in [1.82, 2.24) is 20.5 Å². The highest BCUT2D eigenvalue weighted by atomic mass is 127. The van der Waals surface area contributed by atoms with Crippen LogP contribution >= 0.6 is 35.6 Å². The first-order chi connectivity index (χ1) is 13.1. The fourth-order valence-electron chi connectivity index (χ4n) is 2.61. The summed E-state index contributed by atoms with van der Waals surface area (Å²) in [4.78, 5) is 11.2. The maximum absolute atomic E-state index is 5.82. The minimum atomic E-state index is 0. The van der Waals surface area contributed by atoms with E-state index in [9.17, 15) is 0 Å². The molecule has 0 fully saturated rings. The Hall–Kier alpha value is -1.38. The van der Waals surface area contributed by atoms with Gasteiger partial charge in [0.2, 0.25) is 0 Å². The molecule has 0 spiro atoms. The summed E-state index contributed by atoms with van der Waals surface area (Å²) in [6.45, 7) is 7.57. The zero-order valence-corrected chi connectivity index (χ0v) is 19.9. The molecule has 0 aliphatic rings. The molecule has 0 radical (unpaired) electrons. The van der Waals surface area contributed by atoms with Crippen LogP contribution in [0.2, 0.25) is 5.15 Å². The zero-order valence-electron chi connectivity index (χ0n) is 16.9. The molecule has 2 N–H and O–H groups in total. The van der Waals surface area contributed by atoms with E-state index in [1.807, 2.05) is 24.4 Å². The van der Waals surface area contributed by atoms with Crippen LogP contribution in [0.5, 0.6) is 0 Å². The molecule has 0 saturated heterocycles. The third kappa shape index (κ3) is 9.21. The molecule has 1 aromatic heterocycles. The van der Waals surface area contributed by atoms with Crippen LogP contribution in [0.15, 0.2) is 53.7 Å². The molecule has 7 heteroatoms. The molecule has 1 aromatic carbocycles. The second-order valence-electron chi connectivity index (χ2n) is 6.64. The van der Waals surface area contributed by atoms with E-state index in [1.54, 1.807) is 0 Å². The lowest BCUT2D eigenvalue weighted by atomic mass is 10.2. The number of aliphatic imine (C=N–C) groups is 1. The fourth-order valence-corrected chi connectivity index (χ4v) is 2.72. The van der Waals surface area contributed by atoms with Gasteiger partial charge in [0.15, 0.2) is 5.96 Å². The van der Waals surface area contributed by atoms with Crippen molar-refractivity contribution in [2.75, 3.05) is 26.7 Å². The molecule has 0 aliphatic heterocycles. The lowest BCUT2D eigenvalue weighted by Crippen LogP contribution is -2.40. The number of pyridine rings is 1. The molecule has 2 rings (SSSR count). The number of aromatic nitrogens is 1. The molecule has 1 heterocycles. The largest absolute Gasteiger partial charge is 0.357 e. The van der Waals surface area contributed by atoms with Gasteiger partial charge in [0.05, 0.1) is 6.54 Å². The quantitative estimate of drug-likeness (QED) is 0.230. The van der Waals surface area contributed by atoms with Crippen molar-refractivity contribution in [2.24, 2.45) is 4.99 Å². The van der Waals surface area contributed by atoms with Gasteiger partial charge >= 0.3 is 0 Å². The number of rotatable bonds is 9. The van der Waals surface area contributed by atoms with E-state index in [-0.39, 0.29) is 24.0 Å². The molecule has 5 nitrogen and oxygen atoms in total. The van der Waals surface area contributed by atoms with Gasteiger partial charge in [-0.1, -0.05) is 48.0 Å². The molecular formula is C21H31ClIN5. The molecule has 1 unspecified atom stereocenters. The third-order valence-corrected chi connectivity index (χ3v) is 4.60. The van der Waals surface area contributed by atoms with Crippen molar-refractivity contribution in [3.63, 3.8) is 0 Å². The van der Waals surface area contributed by atoms with Gasteiger partial charge in [0.1, 0.15) is 5.15 Å². The first-order valence-corrected chi connectivity index (χ1v) is 9.83. The van der Waals surface area contributed by atoms with Crippen molar-refractivity contribution < 1.29 is 0 Å². The smallest absolute Gasteiger partial charge is 0.191 e. The summed E-state index contributed by atoms with van der Waals surface area (Å²) in [7, 11) is 2.14. The fraction of sp³-hybridized carbons (Fsp3) is 0.429. The van der Waals surface area contributed by atoms with E-state index in [4.69, 9.17) is 16.6 Å². The van der Waals surface area contributed by atoms with Gasteiger partial charge in [-0.25, -0.2) is 4.98 Å². The van der Waals surface area contributed by atoms with Gasteiger partial charge < -0.3 is 10.6 Å². The van der Waals surface area contributed by atoms with Gasteiger partial charge in [-0.3, -0.25) is 9.89 Å². The van der Waals surface area contributed by atoms with E-state index in [0.29, 0.717) is 11.2 Å². The second kappa shape index (κ2) is 13.7. The molecule has 0 saturated carbocycles. The lowest BCUT2D eigenvalue weighted by Gasteiger charge is -2.24. The van der Waals surface area contributed by atoms with Crippen LogP contribution < -0.4 is 10.6 Å². The Bertz CT molecular complexity index is 694. The minimum absolute atomic E-state index is 0. The van der Waals surface area contributed by atoms with Crippen LogP contribution in [0.4, 0.5) is 0 Å². The average Bonchev–Trinajstić information content (AvgIpc) is 2.68. The topological polar surface area (TPSA) is 52.6 Å². The Labute approximate surface area is 191 Å². The van der Waals surface area contributed by atoms with E-state index < -0.39 is 0 Å². The predicted molar refractivity (Wildman–Crippen MR) is 130 cm³/mol. The molecule has 0 aliphatic carbocycles. The Morgan fingerprint density at radius 1 is 1.14 bits per heavy atom. The van der Waals surface area contributed by atoms with Crippen LogP contribution in [-0.2, 0) is 13.0 Å². The summed E-state index contributed by atoms with van der Waals surface area (Å²) in [5.41, 5.74) is 2.47. The van der Waals surface area contributed by atoms with E-state index in [1.165, 1.54) is 5.56 Å². The van der Waals surface area contributed by atoms with Crippen molar-refractivity contribution in [3.8, 4) is 0 Å². The summed E-state index contributed by atoms with van der Waals surface area (Å²) in [5, 5.41) is 7.22. The van der Waals surface area contributed by atoms with Gasteiger partial charge in [-0.2, -0.15) is 0 Å². The van der Waals surface area contributed by atoms with Crippen LogP contribution in [-0.4, -0.2) is 48.6 Å². The zero-order chi connectivity index (χ0) is 19.5. The Balaban J connectivity index is 0.00000392. The highest BCUT2D eigenvalue weighted by molar-refractivity contribution is 14.0. The Kier molecular flexibility index (Phi) is 12.1. The van der Waals surface area contributed by atoms with E-state index in [2.05, 4.69) is 65.7 Å². The second-order valence-corrected chi connectivity index (χ2v) is 7.02. The van der Waals surface area contributed by atoms with Gasteiger partial charge in [-0.05, 0) is 44.5 Å². The van der Waals surface area contributed by atoms with Crippen molar-refractivity contribution in [2.45, 2.75) is 32.9 Å². The summed E-state index contributed by atoms with van der Waals surface area (Å²) in [6, 6.07) is 14.7. The molecule has 154 valence electrons. The predicted octanol–water partition coefficient (Wildman–Crippen LogP) is 3.97. The monoisotopic (exact) mass is 515 g/mol. The number of hydrogen-bond donors (Lipinski definition) is 2. The van der Waals surface area contributed by atoms with E-state index >= 15 is 0 Å². The van der Waals surface area contributed by atoms with Crippen LogP contribution in [0.1, 0.15) is 25.0 Å². The normalized spacial score (nSPS) is 12.4. The first kappa shape index (κ1) is 24.7. The van der Waals surface area contributed by atoms with Crippen LogP contribution in [0.25, 0.3) is 0 Å². The van der Waals surface area contributed by atoms with Gasteiger partial charge in [-0.15, -0.1) is 24.0 Å². The van der Waals surface area contributed by atoms with Crippen LogP contribution in [0.3, 0.4) is 0 Å². The Morgan fingerprint density at radius 2 is 1.89 bits per heavy atom. The van der Waals surface area contributed by atoms with Gasteiger partial charge in [0.25, 0.3) is 0 Å². The van der Waals surface area contributed by atoms with Gasteiger partial charge in [0, 0.05) is 31.9 Å². The molecule has 28 heavy (non-hydrogen) atoms. The number of likely N-dealkylation sites (N-methyl/N-ethyl adjacent to an activating group) is 1. The Morgan fingerprint density at radius 3 is 2.54 bits per heavy atom. The van der Waals surface area contributed by atoms with Crippen molar-refractivity contribution in [3.05, 3.63) is 64.9 Å². The summed E-state index contributed by atoms with van der Waals surface area (Å²) >= 11 is 5.82. The third-order valence-electron chi connectivity index (χ3n) is 4.38. The number of hydrogen-bond acceptors (Lipinski definition) is 3. The SMILES string of the molecule is CCNC(=NCC(C)N(C)Cc1ccccc1)NCCc1ccc(Cl)nc1.I. The highest BCUT2D eigenvalue weighted by Gasteiger charge is 2.09. The van der Waals surface area contributed by atoms with Crippen molar-refractivity contribution in [1.29, 1.82) is 0 Å². The standard InChI is InChI=1S/C21H30ClN5.HI/c1-4-23-21(24-13-12-18-10-11-20(22)25-15-18)26-14-17(2)27(3)16-19-8-6-5-7-9-19;/h5-11,15,17H,4,12-14,16H2,1-3H3,(H2,23,24,26);1H. The highest BCUT2D eigenvalue weighted by Crippen LogP contribution is 2.07.